The van der Waals surface area contributed by atoms with E-state index in [-0.39, 0.29) is 11.9 Å². The number of aryl methyl sites for hydroxylation is 4. The largest absolute Gasteiger partial charge is 0.345 e. The maximum absolute atomic E-state index is 12.9. The van der Waals surface area contributed by atoms with E-state index in [1.807, 2.05) is 48.9 Å². The van der Waals surface area contributed by atoms with E-state index >= 15 is 0 Å². The third-order valence-corrected chi connectivity index (χ3v) is 5.87. The molecule has 0 saturated heterocycles. The topological polar surface area (TPSA) is 70.7 Å². The summed E-state index contributed by atoms with van der Waals surface area (Å²) in [6.07, 6.45) is 1.45. The van der Waals surface area contributed by atoms with Crippen molar-refractivity contribution in [1.82, 2.24) is 15.1 Å². The minimum absolute atomic E-state index is 0.00987. The Morgan fingerprint density at radius 2 is 1.81 bits per heavy atom. The van der Waals surface area contributed by atoms with Gasteiger partial charge in [0.2, 0.25) is 5.91 Å². The maximum atomic E-state index is 12.9. The standard InChI is InChI=1S/C26H30N4O/c1-18-11-12-23(17-19(18)2)26(22-9-6-5-7-10-22)28-25(31)14-13-24-20(3)29-30(21(24)4)16-8-15-27/h5-7,9-12,17,26H,8,13-14,16H2,1-4H3,(H,28,31)/t26-/m1/s1. The quantitative estimate of drug-likeness (QED) is 0.572. The molecule has 0 spiro atoms. The molecule has 1 aromatic heterocycles. The molecule has 1 amide bonds. The number of benzene rings is 2. The first kappa shape index (κ1) is 22.3. The van der Waals surface area contributed by atoms with Crippen molar-refractivity contribution in [3.63, 3.8) is 0 Å². The average molecular weight is 415 g/mol. The zero-order chi connectivity index (χ0) is 22.4. The average Bonchev–Trinajstić information content (AvgIpc) is 3.04. The molecular weight excluding hydrogens is 384 g/mol. The summed E-state index contributed by atoms with van der Waals surface area (Å²) in [5, 5.41) is 16.6. The number of nitriles is 1. The highest BCUT2D eigenvalue weighted by Gasteiger charge is 2.19. The lowest BCUT2D eigenvalue weighted by atomic mass is 9.95. The number of nitrogens with one attached hydrogen (secondary N) is 1. The molecule has 3 aromatic rings. The number of carbonyl (C=O) groups excluding carboxylic acids is 1. The number of amides is 1. The van der Waals surface area contributed by atoms with Gasteiger partial charge in [-0.3, -0.25) is 9.48 Å². The van der Waals surface area contributed by atoms with Crippen LogP contribution in [0.15, 0.2) is 48.5 Å². The Kier molecular flexibility index (Phi) is 7.25. The molecule has 31 heavy (non-hydrogen) atoms. The summed E-state index contributed by atoms with van der Waals surface area (Å²) in [6.45, 7) is 8.74. The van der Waals surface area contributed by atoms with Crippen molar-refractivity contribution >= 4 is 5.91 Å². The SMILES string of the molecule is Cc1ccc([C@H](NC(=O)CCc2c(C)nn(CCC#N)c2C)c2ccccc2)cc1C. The van der Waals surface area contributed by atoms with E-state index in [0.717, 1.165) is 28.1 Å². The molecule has 5 nitrogen and oxygen atoms in total. The molecule has 0 radical (unpaired) electrons. The fraction of sp³-hybridized carbons (Fsp3) is 0.346. The van der Waals surface area contributed by atoms with Gasteiger partial charge in [-0.05, 0) is 61.9 Å². The number of aromatic nitrogens is 2. The van der Waals surface area contributed by atoms with Crippen LogP contribution in [0.4, 0.5) is 0 Å². The Labute approximate surface area is 184 Å². The van der Waals surface area contributed by atoms with E-state index in [4.69, 9.17) is 5.26 Å². The second-order valence-corrected chi connectivity index (χ2v) is 8.04. The van der Waals surface area contributed by atoms with Crippen molar-refractivity contribution in [3.05, 3.63) is 87.7 Å². The van der Waals surface area contributed by atoms with Crippen LogP contribution >= 0.6 is 0 Å². The van der Waals surface area contributed by atoms with Crippen LogP contribution in [0, 0.1) is 39.0 Å². The van der Waals surface area contributed by atoms with E-state index < -0.39 is 0 Å². The predicted molar refractivity (Wildman–Crippen MR) is 123 cm³/mol. The molecule has 0 aliphatic rings. The molecule has 5 heteroatoms. The summed E-state index contributed by atoms with van der Waals surface area (Å²) in [4.78, 5) is 12.9. The first-order valence-electron chi connectivity index (χ1n) is 10.7. The molecule has 0 aliphatic heterocycles. The van der Waals surface area contributed by atoms with Gasteiger partial charge in [-0.25, -0.2) is 0 Å². The van der Waals surface area contributed by atoms with Crippen LogP contribution < -0.4 is 5.32 Å². The van der Waals surface area contributed by atoms with Gasteiger partial charge in [0.1, 0.15) is 0 Å². The summed E-state index contributed by atoms with van der Waals surface area (Å²) >= 11 is 0. The predicted octanol–water partition coefficient (Wildman–Crippen LogP) is 4.87. The van der Waals surface area contributed by atoms with Gasteiger partial charge in [0, 0.05) is 12.1 Å². The highest BCUT2D eigenvalue weighted by atomic mass is 16.1. The fourth-order valence-corrected chi connectivity index (χ4v) is 3.89. The molecule has 0 saturated carbocycles. The van der Waals surface area contributed by atoms with Crippen LogP contribution in [-0.4, -0.2) is 15.7 Å². The third kappa shape index (κ3) is 5.40. The molecular formula is C26H30N4O. The molecule has 3 rings (SSSR count). The monoisotopic (exact) mass is 414 g/mol. The summed E-state index contributed by atoms with van der Waals surface area (Å²) < 4.78 is 1.87. The molecule has 0 fully saturated rings. The second-order valence-electron chi connectivity index (χ2n) is 8.04. The van der Waals surface area contributed by atoms with Crippen LogP contribution in [-0.2, 0) is 17.8 Å². The van der Waals surface area contributed by atoms with Gasteiger partial charge in [0.05, 0.1) is 30.8 Å². The molecule has 0 unspecified atom stereocenters. The Morgan fingerprint density at radius 3 is 2.48 bits per heavy atom. The lowest BCUT2D eigenvalue weighted by Gasteiger charge is -2.21. The van der Waals surface area contributed by atoms with E-state index in [0.29, 0.717) is 25.8 Å². The first-order chi connectivity index (χ1) is 14.9. The first-order valence-corrected chi connectivity index (χ1v) is 10.7. The molecule has 2 aromatic carbocycles. The normalized spacial score (nSPS) is 11.7. The van der Waals surface area contributed by atoms with Crippen molar-refractivity contribution in [1.29, 1.82) is 5.26 Å². The van der Waals surface area contributed by atoms with Crippen molar-refractivity contribution in [2.24, 2.45) is 0 Å². The minimum atomic E-state index is -0.187. The number of carbonyl (C=O) groups is 1. The Morgan fingerprint density at radius 1 is 1.06 bits per heavy atom. The van der Waals surface area contributed by atoms with E-state index in [2.05, 4.69) is 48.5 Å². The number of hydrogen-bond acceptors (Lipinski definition) is 3. The summed E-state index contributed by atoms with van der Waals surface area (Å²) in [7, 11) is 0. The summed E-state index contributed by atoms with van der Waals surface area (Å²) in [6, 6.07) is 18.4. The van der Waals surface area contributed by atoms with Crippen LogP contribution in [0.2, 0.25) is 0 Å². The van der Waals surface area contributed by atoms with Gasteiger partial charge >= 0.3 is 0 Å². The van der Waals surface area contributed by atoms with E-state index in [1.54, 1.807) is 0 Å². The summed E-state index contributed by atoms with van der Waals surface area (Å²) in [5.74, 6) is 0.00987. The molecule has 0 aliphatic carbocycles. The fourth-order valence-electron chi connectivity index (χ4n) is 3.89. The number of hydrogen-bond donors (Lipinski definition) is 1. The number of nitrogens with zero attached hydrogens (tertiary/aromatic N) is 3. The summed E-state index contributed by atoms with van der Waals surface area (Å²) in [5.41, 5.74) is 7.65. The van der Waals surface area contributed by atoms with Gasteiger partial charge in [-0.15, -0.1) is 0 Å². The highest BCUT2D eigenvalue weighted by Crippen LogP contribution is 2.24. The lowest BCUT2D eigenvalue weighted by Crippen LogP contribution is -2.29. The van der Waals surface area contributed by atoms with Crippen molar-refractivity contribution in [2.75, 3.05) is 0 Å². The van der Waals surface area contributed by atoms with E-state index in [9.17, 15) is 4.79 Å². The Bertz CT molecular complexity index is 1090. The van der Waals surface area contributed by atoms with Crippen LogP contribution in [0.1, 0.15) is 58.1 Å². The zero-order valence-electron chi connectivity index (χ0n) is 18.8. The van der Waals surface area contributed by atoms with Gasteiger partial charge in [0.15, 0.2) is 0 Å². The zero-order valence-corrected chi connectivity index (χ0v) is 18.8. The molecule has 1 heterocycles. The van der Waals surface area contributed by atoms with Gasteiger partial charge in [-0.2, -0.15) is 10.4 Å². The maximum Gasteiger partial charge on any atom is 0.221 e. The highest BCUT2D eigenvalue weighted by molar-refractivity contribution is 5.77. The Balaban J connectivity index is 1.75. The molecule has 1 atom stereocenters. The molecule has 0 bridgehead atoms. The van der Waals surface area contributed by atoms with Crippen molar-refractivity contribution < 1.29 is 4.79 Å². The minimum Gasteiger partial charge on any atom is -0.345 e. The van der Waals surface area contributed by atoms with Crippen LogP contribution in [0.5, 0.6) is 0 Å². The second kappa shape index (κ2) is 10.1. The van der Waals surface area contributed by atoms with Crippen LogP contribution in [0.3, 0.4) is 0 Å². The van der Waals surface area contributed by atoms with Gasteiger partial charge in [0.25, 0.3) is 0 Å². The number of rotatable bonds is 8. The smallest absolute Gasteiger partial charge is 0.221 e. The van der Waals surface area contributed by atoms with Gasteiger partial charge in [-0.1, -0.05) is 48.5 Å². The molecule has 1 N–H and O–H groups in total. The van der Waals surface area contributed by atoms with Crippen molar-refractivity contribution in [3.8, 4) is 6.07 Å². The van der Waals surface area contributed by atoms with Crippen molar-refractivity contribution in [2.45, 2.75) is 59.5 Å². The van der Waals surface area contributed by atoms with Gasteiger partial charge < -0.3 is 5.32 Å². The van der Waals surface area contributed by atoms with Crippen LogP contribution in [0.25, 0.3) is 0 Å². The van der Waals surface area contributed by atoms with E-state index in [1.165, 1.54) is 11.1 Å². The molecule has 160 valence electrons. The third-order valence-electron chi connectivity index (χ3n) is 5.87. The lowest BCUT2D eigenvalue weighted by molar-refractivity contribution is -0.121. The Hall–Kier alpha value is -3.39.